The summed E-state index contributed by atoms with van der Waals surface area (Å²) in [5.74, 6) is -1.41. The van der Waals surface area contributed by atoms with Gasteiger partial charge in [-0.3, -0.25) is 9.78 Å². The first-order valence-corrected chi connectivity index (χ1v) is 5.53. The van der Waals surface area contributed by atoms with Gasteiger partial charge < -0.3 is 15.2 Å². The fourth-order valence-corrected chi connectivity index (χ4v) is 1.42. The maximum absolute atomic E-state index is 11.6. The average Bonchev–Trinajstić information content (AvgIpc) is 2.37. The summed E-state index contributed by atoms with van der Waals surface area (Å²) in [6.45, 7) is -0.0453. The molecule has 1 heterocycles. The number of amides is 1. The highest BCUT2D eigenvalue weighted by Crippen LogP contribution is 2.01. The molecule has 0 fully saturated rings. The molecule has 1 aromatic heterocycles. The van der Waals surface area contributed by atoms with Gasteiger partial charge in [0, 0.05) is 25.9 Å². The number of hydrogen-bond acceptors (Lipinski definition) is 4. The molecule has 0 aromatic carbocycles. The summed E-state index contributed by atoms with van der Waals surface area (Å²) in [5, 5.41) is 11.2. The Morgan fingerprint density at radius 2 is 2.11 bits per heavy atom. The van der Waals surface area contributed by atoms with Gasteiger partial charge in [0.1, 0.15) is 0 Å². The molecule has 0 saturated carbocycles. The lowest BCUT2D eigenvalue weighted by molar-refractivity contribution is -0.143. The molecule has 0 radical (unpaired) electrons. The van der Waals surface area contributed by atoms with Crippen molar-refractivity contribution in [2.24, 2.45) is 0 Å². The molecule has 1 unspecified atom stereocenters. The van der Waals surface area contributed by atoms with E-state index >= 15 is 0 Å². The van der Waals surface area contributed by atoms with E-state index in [1.54, 1.807) is 12.4 Å². The standard InChI is InChI=1S/C12H16N2O4/c1-18-8-10(12(16)17)14-11(15)3-2-9-4-6-13-7-5-9/h4-7,10H,2-3,8H2,1H3,(H,14,15)(H,16,17). The van der Waals surface area contributed by atoms with Gasteiger partial charge in [0.2, 0.25) is 5.91 Å². The highest BCUT2D eigenvalue weighted by atomic mass is 16.5. The van der Waals surface area contributed by atoms with Crippen LogP contribution in [-0.4, -0.2) is 41.7 Å². The van der Waals surface area contributed by atoms with E-state index < -0.39 is 12.0 Å². The van der Waals surface area contributed by atoms with E-state index in [1.165, 1.54) is 7.11 Å². The SMILES string of the molecule is COCC(NC(=O)CCc1ccncc1)C(=O)O. The number of carboxylic acids is 1. The predicted octanol–water partition coefficient (Wildman–Crippen LogP) is 0.230. The Kier molecular flexibility index (Phi) is 5.79. The van der Waals surface area contributed by atoms with Crippen LogP contribution in [0.2, 0.25) is 0 Å². The fourth-order valence-electron chi connectivity index (χ4n) is 1.42. The number of carbonyl (C=O) groups excluding carboxylic acids is 1. The van der Waals surface area contributed by atoms with E-state index in [4.69, 9.17) is 9.84 Å². The quantitative estimate of drug-likeness (QED) is 0.725. The molecule has 2 N–H and O–H groups in total. The molecule has 0 aliphatic rings. The molecule has 0 spiro atoms. The van der Waals surface area contributed by atoms with E-state index in [0.717, 1.165) is 5.56 Å². The first kappa shape index (κ1) is 14.1. The second-order valence-electron chi connectivity index (χ2n) is 3.77. The number of nitrogens with one attached hydrogen (secondary N) is 1. The van der Waals surface area contributed by atoms with Gasteiger partial charge in [0.25, 0.3) is 0 Å². The lowest BCUT2D eigenvalue weighted by Crippen LogP contribution is -2.43. The van der Waals surface area contributed by atoms with Gasteiger partial charge in [-0.2, -0.15) is 0 Å². The second kappa shape index (κ2) is 7.39. The third-order valence-corrected chi connectivity index (χ3v) is 2.36. The number of hydrogen-bond donors (Lipinski definition) is 2. The lowest BCUT2D eigenvalue weighted by Gasteiger charge is -2.13. The number of aliphatic carboxylic acids is 1. The monoisotopic (exact) mass is 252 g/mol. The van der Waals surface area contributed by atoms with Crippen molar-refractivity contribution in [3.05, 3.63) is 30.1 Å². The van der Waals surface area contributed by atoms with Crippen molar-refractivity contribution >= 4 is 11.9 Å². The normalized spacial score (nSPS) is 11.8. The molecule has 0 bridgehead atoms. The maximum Gasteiger partial charge on any atom is 0.328 e. The Labute approximate surface area is 105 Å². The number of carboxylic acid groups (broad SMARTS) is 1. The van der Waals surface area contributed by atoms with Crippen molar-refractivity contribution in [2.75, 3.05) is 13.7 Å². The number of aryl methyl sites for hydroxylation is 1. The van der Waals surface area contributed by atoms with Crippen molar-refractivity contribution in [1.29, 1.82) is 0 Å². The first-order valence-electron chi connectivity index (χ1n) is 5.53. The maximum atomic E-state index is 11.6. The zero-order valence-corrected chi connectivity index (χ0v) is 10.1. The topological polar surface area (TPSA) is 88.5 Å². The Morgan fingerprint density at radius 3 is 2.67 bits per heavy atom. The number of nitrogens with zero attached hydrogens (tertiary/aromatic N) is 1. The first-order chi connectivity index (χ1) is 8.63. The largest absolute Gasteiger partial charge is 0.480 e. The molecule has 6 nitrogen and oxygen atoms in total. The molecule has 18 heavy (non-hydrogen) atoms. The Hall–Kier alpha value is -1.95. The molecule has 1 aromatic rings. The summed E-state index contributed by atoms with van der Waals surface area (Å²) in [6, 6.07) is 2.63. The van der Waals surface area contributed by atoms with Crippen LogP contribution in [0.1, 0.15) is 12.0 Å². The third kappa shape index (κ3) is 4.92. The van der Waals surface area contributed by atoms with Crippen LogP contribution in [0.25, 0.3) is 0 Å². The van der Waals surface area contributed by atoms with Crippen molar-refractivity contribution < 1.29 is 19.4 Å². The van der Waals surface area contributed by atoms with Crippen molar-refractivity contribution in [3.8, 4) is 0 Å². The summed E-state index contributed by atoms with van der Waals surface area (Å²) in [5.41, 5.74) is 0.985. The summed E-state index contributed by atoms with van der Waals surface area (Å²) < 4.78 is 4.73. The Bertz CT molecular complexity index is 394. The van der Waals surface area contributed by atoms with E-state index in [-0.39, 0.29) is 18.9 Å². The minimum Gasteiger partial charge on any atom is -0.480 e. The zero-order chi connectivity index (χ0) is 13.4. The molecule has 6 heteroatoms. The minimum atomic E-state index is -1.10. The van der Waals surface area contributed by atoms with E-state index in [9.17, 15) is 9.59 Å². The van der Waals surface area contributed by atoms with Crippen LogP contribution in [0, 0.1) is 0 Å². The van der Waals surface area contributed by atoms with E-state index in [1.807, 2.05) is 12.1 Å². The van der Waals surface area contributed by atoms with Crippen molar-refractivity contribution in [1.82, 2.24) is 10.3 Å². The number of methoxy groups -OCH3 is 1. The van der Waals surface area contributed by atoms with Gasteiger partial charge in [-0.15, -0.1) is 0 Å². The lowest BCUT2D eigenvalue weighted by atomic mass is 10.1. The molecule has 1 rings (SSSR count). The highest BCUT2D eigenvalue weighted by molar-refractivity contribution is 5.83. The molecule has 0 aliphatic heterocycles. The van der Waals surface area contributed by atoms with Gasteiger partial charge in [-0.25, -0.2) is 4.79 Å². The molecular weight excluding hydrogens is 236 g/mol. The fraction of sp³-hybridized carbons (Fsp3) is 0.417. The highest BCUT2D eigenvalue weighted by Gasteiger charge is 2.19. The van der Waals surface area contributed by atoms with Gasteiger partial charge in [-0.1, -0.05) is 0 Å². The van der Waals surface area contributed by atoms with Crippen LogP contribution < -0.4 is 5.32 Å². The van der Waals surface area contributed by atoms with Gasteiger partial charge >= 0.3 is 5.97 Å². The van der Waals surface area contributed by atoms with E-state index in [0.29, 0.717) is 6.42 Å². The van der Waals surface area contributed by atoms with Crippen LogP contribution in [-0.2, 0) is 20.7 Å². The molecule has 0 saturated heterocycles. The zero-order valence-electron chi connectivity index (χ0n) is 10.1. The molecule has 98 valence electrons. The summed E-state index contributed by atoms with van der Waals surface area (Å²) >= 11 is 0. The minimum absolute atomic E-state index is 0.0453. The smallest absolute Gasteiger partial charge is 0.328 e. The predicted molar refractivity (Wildman–Crippen MR) is 64.0 cm³/mol. The van der Waals surface area contributed by atoms with Crippen LogP contribution in [0.5, 0.6) is 0 Å². The molecule has 1 amide bonds. The number of carbonyl (C=O) groups is 2. The van der Waals surface area contributed by atoms with Gasteiger partial charge in [0.15, 0.2) is 6.04 Å². The van der Waals surface area contributed by atoms with Gasteiger partial charge in [-0.05, 0) is 24.1 Å². The third-order valence-electron chi connectivity index (χ3n) is 2.36. The molecular formula is C12H16N2O4. The Morgan fingerprint density at radius 1 is 1.44 bits per heavy atom. The van der Waals surface area contributed by atoms with Crippen molar-refractivity contribution in [2.45, 2.75) is 18.9 Å². The summed E-state index contributed by atoms with van der Waals surface area (Å²) in [4.78, 5) is 26.2. The van der Waals surface area contributed by atoms with Crippen molar-refractivity contribution in [3.63, 3.8) is 0 Å². The number of ether oxygens (including phenoxy) is 1. The van der Waals surface area contributed by atoms with Crippen LogP contribution in [0.4, 0.5) is 0 Å². The average molecular weight is 252 g/mol. The number of aromatic nitrogens is 1. The van der Waals surface area contributed by atoms with Crippen LogP contribution >= 0.6 is 0 Å². The molecule has 1 atom stereocenters. The number of pyridine rings is 1. The number of rotatable bonds is 7. The summed E-state index contributed by atoms with van der Waals surface area (Å²) in [7, 11) is 1.39. The van der Waals surface area contributed by atoms with Gasteiger partial charge in [0.05, 0.1) is 6.61 Å². The van der Waals surface area contributed by atoms with Crippen LogP contribution in [0.15, 0.2) is 24.5 Å². The second-order valence-corrected chi connectivity index (χ2v) is 3.77. The summed E-state index contributed by atoms with van der Waals surface area (Å²) in [6.07, 6.45) is 4.08. The van der Waals surface area contributed by atoms with E-state index in [2.05, 4.69) is 10.3 Å². The van der Waals surface area contributed by atoms with Crippen LogP contribution in [0.3, 0.4) is 0 Å². The molecule has 0 aliphatic carbocycles. The Balaban J connectivity index is 2.39.